The van der Waals surface area contributed by atoms with Crippen LogP contribution in [0.3, 0.4) is 0 Å². The van der Waals surface area contributed by atoms with E-state index in [0.29, 0.717) is 18.1 Å². The highest BCUT2D eigenvalue weighted by Gasteiger charge is 2.30. The molecule has 0 aromatic carbocycles. The molecule has 4 amide bonds. The Kier molecular flexibility index (Phi) is 16.9. The summed E-state index contributed by atoms with van der Waals surface area (Å²) in [6.07, 6.45) is 3.47. The highest BCUT2D eigenvalue weighted by molar-refractivity contribution is 7.99. The first-order valence-electron chi connectivity index (χ1n) is 14.1. The summed E-state index contributed by atoms with van der Waals surface area (Å²) in [5.74, 6) is 1.15. The van der Waals surface area contributed by atoms with Gasteiger partial charge in [-0.05, 0) is 64.9 Å². The molecule has 226 valence electrons. The van der Waals surface area contributed by atoms with Crippen molar-refractivity contribution in [1.82, 2.24) is 21.3 Å². The van der Waals surface area contributed by atoms with Crippen molar-refractivity contribution in [3.05, 3.63) is 0 Å². The molecule has 1 fully saturated rings. The SMILES string of the molecule is CCCCNC(=O)[C@H](C)C[C@H](O)[C@@H]1CSCCCCCSC[C@H](NC(=O)OC(C)(C)C)C(=O)N[C@@H](C)C(=O)N1. The van der Waals surface area contributed by atoms with Crippen LogP contribution in [0.15, 0.2) is 0 Å². The Morgan fingerprint density at radius 2 is 1.72 bits per heavy atom. The van der Waals surface area contributed by atoms with Crippen molar-refractivity contribution in [3.8, 4) is 0 Å². The van der Waals surface area contributed by atoms with Crippen molar-refractivity contribution < 1.29 is 29.0 Å². The molecule has 1 heterocycles. The minimum Gasteiger partial charge on any atom is -0.444 e. The van der Waals surface area contributed by atoms with Crippen LogP contribution in [0.5, 0.6) is 0 Å². The standard InChI is InChI=1S/C27H50N4O6S2/c1-7-8-12-28-23(33)18(2)15-22(32)20-16-38-13-10-9-11-14-39-17-21(31-26(36)37-27(4,5)6)25(35)29-19(3)24(34)30-20/h18-22,32H,7-17H2,1-6H3,(H,28,33)(H,29,35)(H,30,34)(H,31,36)/t18-,19+,20+,21+,22+/m1/s1. The number of carbonyl (C=O) groups excluding carboxylic acids is 4. The second kappa shape index (κ2) is 18.6. The van der Waals surface area contributed by atoms with Crippen LogP contribution in [0.4, 0.5) is 4.79 Å². The summed E-state index contributed by atoms with van der Waals surface area (Å²) >= 11 is 3.24. The number of nitrogens with one attached hydrogen (secondary N) is 4. The molecule has 0 saturated carbocycles. The summed E-state index contributed by atoms with van der Waals surface area (Å²) in [7, 11) is 0. The van der Waals surface area contributed by atoms with Gasteiger partial charge in [0.2, 0.25) is 17.7 Å². The Labute approximate surface area is 242 Å². The maximum atomic E-state index is 13.0. The minimum absolute atomic E-state index is 0.114. The number of amides is 4. The van der Waals surface area contributed by atoms with Crippen molar-refractivity contribution in [1.29, 1.82) is 0 Å². The molecule has 0 radical (unpaired) electrons. The fourth-order valence-corrected chi connectivity index (χ4v) is 5.94. The van der Waals surface area contributed by atoms with E-state index in [4.69, 9.17) is 4.74 Å². The van der Waals surface area contributed by atoms with E-state index in [-0.39, 0.29) is 12.3 Å². The summed E-state index contributed by atoms with van der Waals surface area (Å²) in [5.41, 5.74) is -0.708. The van der Waals surface area contributed by atoms with Gasteiger partial charge >= 0.3 is 6.09 Å². The molecule has 0 bridgehead atoms. The van der Waals surface area contributed by atoms with Crippen LogP contribution in [-0.2, 0) is 19.1 Å². The van der Waals surface area contributed by atoms with Crippen LogP contribution < -0.4 is 21.3 Å². The summed E-state index contributed by atoms with van der Waals surface area (Å²) in [4.78, 5) is 50.8. The number of ether oxygens (including phenoxy) is 1. The number of thioether (sulfide) groups is 2. The molecule has 0 aromatic rings. The van der Waals surface area contributed by atoms with Gasteiger partial charge in [0.1, 0.15) is 17.7 Å². The van der Waals surface area contributed by atoms with Crippen LogP contribution in [0.2, 0.25) is 0 Å². The molecule has 0 aliphatic carbocycles. The van der Waals surface area contributed by atoms with Crippen molar-refractivity contribution in [2.45, 2.75) is 110 Å². The van der Waals surface area contributed by atoms with Gasteiger partial charge in [0.05, 0.1) is 12.1 Å². The number of aliphatic hydroxyl groups is 1. The lowest BCUT2D eigenvalue weighted by molar-refractivity contribution is -0.130. The van der Waals surface area contributed by atoms with Gasteiger partial charge < -0.3 is 31.1 Å². The number of carbonyl (C=O) groups is 4. The molecule has 1 aliphatic rings. The third-order valence-electron chi connectivity index (χ3n) is 6.08. The number of alkyl carbamates (subject to hydrolysis) is 1. The average Bonchev–Trinajstić information content (AvgIpc) is 2.84. The highest BCUT2D eigenvalue weighted by Crippen LogP contribution is 2.17. The third-order valence-corrected chi connectivity index (χ3v) is 8.40. The largest absolute Gasteiger partial charge is 0.444 e. The van der Waals surface area contributed by atoms with E-state index in [1.165, 1.54) is 0 Å². The van der Waals surface area contributed by atoms with Gasteiger partial charge in [-0.2, -0.15) is 23.5 Å². The van der Waals surface area contributed by atoms with Crippen LogP contribution in [0, 0.1) is 5.92 Å². The smallest absolute Gasteiger partial charge is 0.408 e. The van der Waals surface area contributed by atoms with Crippen molar-refractivity contribution in [2.24, 2.45) is 5.92 Å². The zero-order valence-electron chi connectivity index (χ0n) is 24.5. The Bertz CT molecular complexity index is 780. The number of unbranched alkanes of at least 4 members (excludes halogenated alkanes) is 1. The number of hydrogen-bond donors (Lipinski definition) is 5. The first-order valence-corrected chi connectivity index (χ1v) is 16.4. The molecule has 5 atom stereocenters. The van der Waals surface area contributed by atoms with Crippen molar-refractivity contribution in [3.63, 3.8) is 0 Å². The molecule has 0 aromatic heterocycles. The van der Waals surface area contributed by atoms with Crippen LogP contribution in [0.1, 0.15) is 80.1 Å². The van der Waals surface area contributed by atoms with Crippen LogP contribution >= 0.6 is 23.5 Å². The predicted molar refractivity (Wildman–Crippen MR) is 159 cm³/mol. The molecule has 1 aliphatic heterocycles. The molecular weight excluding hydrogens is 540 g/mol. The van der Waals surface area contributed by atoms with E-state index in [2.05, 4.69) is 28.2 Å². The topological polar surface area (TPSA) is 146 Å². The molecule has 1 saturated heterocycles. The fraction of sp³-hybridized carbons (Fsp3) is 0.852. The summed E-state index contributed by atoms with van der Waals surface area (Å²) in [6.45, 7) is 11.2. The molecule has 10 nitrogen and oxygen atoms in total. The van der Waals surface area contributed by atoms with E-state index in [1.54, 1.807) is 58.1 Å². The zero-order chi connectivity index (χ0) is 29.4. The molecule has 0 unspecified atom stereocenters. The van der Waals surface area contributed by atoms with Gasteiger partial charge in [0.15, 0.2) is 0 Å². The highest BCUT2D eigenvalue weighted by atomic mass is 32.2. The molecular formula is C27H50N4O6S2. The number of rotatable bonds is 8. The van der Waals surface area contributed by atoms with Gasteiger partial charge in [-0.1, -0.05) is 26.7 Å². The quantitative estimate of drug-likeness (QED) is 0.271. The van der Waals surface area contributed by atoms with E-state index < -0.39 is 53.7 Å². The molecule has 5 N–H and O–H groups in total. The lowest BCUT2D eigenvalue weighted by Gasteiger charge is -2.28. The second-order valence-corrected chi connectivity index (χ2v) is 13.4. The zero-order valence-corrected chi connectivity index (χ0v) is 26.1. The van der Waals surface area contributed by atoms with Gasteiger partial charge in [-0.15, -0.1) is 0 Å². The number of hydrogen-bond acceptors (Lipinski definition) is 8. The van der Waals surface area contributed by atoms with Gasteiger partial charge in [0.25, 0.3) is 0 Å². The van der Waals surface area contributed by atoms with E-state index >= 15 is 0 Å². The molecule has 12 heteroatoms. The Hall–Kier alpha value is -1.66. The second-order valence-electron chi connectivity index (χ2n) is 11.1. The Morgan fingerprint density at radius 1 is 1.08 bits per heavy atom. The summed E-state index contributed by atoms with van der Waals surface area (Å²) in [6, 6.07) is -2.34. The van der Waals surface area contributed by atoms with E-state index in [1.807, 2.05) is 0 Å². The van der Waals surface area contributed by atoms with Gasteiger partial charge in [-0.3, -0.25) is 14.4 Å². The lowest BCUT2D eigenvalue weighted by atomic mass is 9.98. The normalized spacial score (nSPS) is 24.0. The minimum atomic E-state index is -0.923. The Morgan fingerprint density at radius 3 is 2.33 bits per heavy atom. The fourth-order valence-electron chi connectivity index (χ4n) is 3.76. The Balaban J connectivity index is 2.90. The average molecular weight is 591 g/mol. The van der Waals surface area contributed by atoms with Crippen LogP contribution in [0.25, 0.3) is 0 Å². The monoisotopic (exact) mass is 590 g/mol. The lowest BCUT2D eigenvalue weighted by Crippen LogP contribution is -2.56. The van der Waals surface area contributed by atoms with E-state index in [9.17, 15) is 24.3 Å². The van der Waals surface area contributed by atoms with Gasteiger partial charge in [0, 0.05) is 24.0 Å². The van der Waals surface area contributed by atoms with Crippen molar-refractivity contribution in [2.75, 3.05) is 29.6 Å². The van der Waals surface area contributed by atoms with Crippen LogP contribution in [-0.4, -0.2) is 88.3 Å². The summed E-state index contributed by atoms with van der Waals surface area (Å²) < 4.78 is 5.32. The van der Waals surface area contributed by atoms with Gasteiger partial charge in [-0.25, -0.2) is 4.79 Å². The molecule has 1 rings (SSSR count). The first kappa shape index (κ1) is 35.4. The van der Waals surface area contributed by atoms with Crippen molar-refractivity contribution >= 4 is 47.3 Å². The molecule has 39 heavy (non-hydrogen) atoms. The third kappa shape index (κ3) is 15.6. The van der Waals surface area contributed by atoms with E-state index in [0.717, 1.165) is 43.6 Å². The summed E-state index contributed by atoms with van der Waals surface area (Å²) in [5, 5.41) is 22.1. The first-order chi connectivity index (χ1) is 18.3. The maximum absolute atomic E-state index is 13.0. The molecule has 0 spiro atoms. The number of aliphatic hydroxyl groups excluding tert-OH is 1. The maximum Gasteiger partial charge on any atom is 0.408 e. The predicted octanol–water partition coefficient (Wildman–Crippen LogP) is 2.82.